The molecule has 10 nitrogen and oxygen atoms in total. The normalized spacial score (nSPS) is 13.3. The van der Waals surface area contributed by atoms with Crippen molar-refractivity contribution in [2.24, 2.45) is 7.05 Å². The van der Waals surface area contributed by atoms with Gasteiger partial charge in [-0.05, 0) is 49.1 Å². The van der Waals surface area contributed by atoms with E-state index in [0.29, 0.717) is 29.1 Å². The molecule has 6 rings (SSSR count). The van der Waals surface area contributed by atoms with Crippen molar-refractivity contribution in [3.8, 4) is 5.69 Å². The minimum atomic E-state index is -0.536. The van der Waals surface area contributed by atoms with E-state index >= 15 is 0 Å². The quantitative estimate of drug-likeness (QED) is 0.291. The summed E-state index contributed by atoms with van der Waals surface area (Å²) in [6, 6.07) is 16.6. The van der Waals surface area contributed by atoms with Gasteiger partial charge in [0.05, 0.1) is 17.6 Å². The zero-order valence-electron chi connectivity index (χ0n) is 23.0. The molecule has 1 unspecified atom stereocenters. The number of amides is 1. The summed E-state index contributed by atoms with van der Waals surface area (Å²) in [5.74, 6) is 0.284. The number of carbonyl (C=O) groups excluding carboxylic acids is 1. The molecule has 0 fully saturated rings. The van der Waals surface area contributed by atoms with Crippen LogP contribution in [0.1, 0.15) is 45.8 Å². The van der Waals surface area contributed by atoms with Crippen LogP contribution in [-0.4, -0.2) is 36.6 Å². The first-order valence-corrected chi connectivity index (χ1v) is 13.3. The second kappa shape index (κ2) is 10.3. The smallest absolute Gasteiger partial charge is 0.263 e. The van der Waals surface area contributed by atoms with E-state index in [9.17, 15) is 9.59 Å². The number of rotatable bonds is 6. The van der Waals surface area contributed by atoms with E-state index in [1.54, 1.807) is 21.6 Å². The van der Waals surface area contributed by atoms with Crippen LogP contribution in [0.3, 0.4) is 0 Å². The molecule has 1 aliphatic rings. The van der Waals surface area contributed by atoms with Crippen molar-refractivity contribution in [1.29, 1.82) is 0 Å². The third-order valence-corrected chi connectivity index (χ3v) is 7.43. The number of aryl methyl sites for hydroxylation is 1. The van der Waals surface area contributed by atoms with Crippen molar-refractivity contribution in [2.75, 3.05) is 17.6 Å². The molecule has 1 amide bonds. The summed E-state index contributed by atoms with van der Waals surface area (Å²) in [6.07, 6.45) is 9.37. The van der Waals surface area contributed by atoms with Gasteiger partial charge in [-0.3, -0.25) is 18.8 Å². The summed E-state index contributed by atoms with van der Waals surface area (Å²) in [7, 11) is 1.90. The number of nitrogen functional groups attached to an aromatic ring is 1. The molecule has 0 saturated carbocycles. The van der Waals surface area contributed by atoms with Crippen LogP contribution >= 0.6 is 0 Å². The fourth-order valence-electron chi connectivity index (χ4n) is 5.17. The Bertz CT molecular complexity index is 1910. The van der Waals surface area contributed by atoms with Gasteiger partial charge in [-0.1, -0.05) is 48.6 Å². The van der Waals surface area contributed by atoms with Crippen LogP contribution in [0.4, 0.5) is 11.6 Å². The molecule has 41 heavy (non-hydrogen) atoms. The summed E-state index contributed by atoms with van der Waals surface area (Å²) >= 11 is 0. The lowest BCUT2D eigenvalue weighted by molar-refractivity contribution is 0.0940. The standard InChI is InChI=1S/C31H30N8O2/c1-19(35-30(40)27-28(32)36-38-16-8-15-33-29(27)38)25-17-22-10-7-9-21(13-14-23-18-34-37(3)20(23)2)26(22)31(41)39(25)24-11-5-4-6-12-24/h4-14,16-19,33H,15H2,1-3H3,(H2,32,36)(H,35,40)/b14-13+. The second-order valence-corrected chi connectivity index (χ2v) is 10.0. The Morgan fingerprint density at radius 2 is 1.90 bits per heavy atom. The largest absolute Gasteiger partial charge is 0.381 e. The molecule has 10 heteroatoms. The Kier molecular flexibility index (Phi) is 6.50. The van der Waals surface area contributed by atoms with Crippen molar-refractivity contribution in [2.45, 2.75) is 19.9 Å². The van der Waals surface area contributed by atoms with E-state index < -0.39 is 6.04 Å². The number of carbonyl (C=O) groups is 1. The topological polar surface area (TPSA) is 125 Å². The summed E-state index contributed by atoms with van der Waals surface area (Å²) in [5.41, 5.74) is 10.4. The Morgan fingerprint density at radius 1 is 1.12 bits per heavy atom. The van der Waals surface area contributed by atoms with Crippen molar-refractivity contribution in [1.82, 2.24) is 29.4 Å². The highest BCUT2D eigenvalue weighted by Gasteiger charge is 2.26. The molecular weight excluding hydrogens is 516 g/mol. The Hall–Kier alpha value is -5.38. The van der Waals surface area contributed by atoms with Crippen LogP contribution in [0.2, 0.25) is 0 Å². The van der Waals surface area contributed by atoms with Crippen LogP contribution in [0.15, 0.2) is 71.7 Å². The average molecular weight is 547 g/mol. The van der Waals surface area contributed by atoms with E-state index in [4.69, 9.17) is 5.73 Å². The number of anilines is 2. The molecule has 1 aliphatic heterocycles. The highest BCUT2D eigenvalue weighted by atomic mass is 16.2. The van der Waals surface area contributed by atoms with Crippen LogP contribution in [0.25, 0.3) is 34.8 Å². The molecule has 5 aromatic rings. The zero-order chi connectivity index (χ0) is 28.7. The summed E-state index contributed by atoms with van der Waals surface area (Å²) < 4.78 is 5.03. The minimum Gasteiger partial charge on any atom is -0.381 e. The van der Waals surface area contributed by atoms with Crippen LogP contribution < -0.4 is 21.9 Å². The molecule has 4 N–H and O–H groups in total. The summed E-state index contributed by atoms with van der Waals surface area (Å²) in [4.78, 5) is 27.7. The molecule has 0 aliphatic carbocycles. The number of hydrogen-bond donors (Lipinski definition) is 3. The van der Waals surface area contributed by atoms with Gasteiger partial charge in [0.2, 0.25) is 0 Å². The van der Waals surface area contributed by atoms with Gasteiger partial charge >= 0.3 is 0 Å². The number of hydrogen-bond acceptors (Lipinski definition) is 6. The van der Waals surface area contributed by atoms with Crippen molar-refractivity contribution < 1.29 is 4.79 Å². The lowest BCUT2D eigenvalue weighted by Gasteiger charge is -2.22. The van der Waals surface area contributed by atoms with Gasteiger partial charge in [0.25, 0.3) is 11.5 Å². The first-order valence-electron chi connectivity index (χ1n) is 13.3. The van der Waals surface area contributed by atoms with Crippen molar-refractivity contribution in [3.63, 3.8) is 0 Å². The lowest BCUT2D eigenvalue weighted by atomic mass is 10.0. The molecule has 1 atom stereocenters. The first kappa shape index (κ1) is 25.9. The number of para-hydroxylation sites is 1. The Balaban J connectivity index is 1.45. The highest BCUT2D eigenvalue weighted by molar-refractivity contribution is 6.04. The predicted molar refractivity (Wildman–Crippen MR) is 163 cm³/mol. The van der Waals surface area contributed by atoms with E-state index in [-0.39, 0.29) is 22.8 Å². The van der Waals surface area contributed by atoms with E-state index in [0.717, 1.165) is 22.2 Å². The zero-order valence-corrected chi connectivity index (χ0v) is 23.0. The molecule has 4 heterocycles. The molecule has 3 aromatic heterocycles. The third-order valence-electron chi connectivity index (χ3n) is 7.43. The third kappa shape index (κ3) is 4.59. The maximum absolute atomic E-state index is 14.3. The van der Waals surface area contributed by atoms with Gasteiger partial charge < -0.3 is 16.4 Å². The van der Waals surface area contributed by atoms with E-state index in [2.05, 4.69) is 20.8 Å². The molecule has 0 bridgehead atoms. The Morgan fingerprint density at radius 3 is 2.66 bits per heavy atom. The van der Waals surface area contributed by atoms with Gasteiger partial charge in [-0.2, -0.15) is 5.10 Å². The number of nitrogens with one attached hydrogen (secondary N) is 2. The maximum Gasteiger partial charge on any atom is 0.263 e. The Labute approximate surface area is 236 Å². The van der Waals surface area contributed by atoms with Gasteiger partial charge in [0.15, 0.2) is 5.82 Å². The van der Waals surface area contributed by atoms with Gasteiger partial charge in [0.1, 0.15) is 11.4 Å². The fourth-order valence-corrected chi connectivity index (χ4v) is 5.17. The number of nitrogens with zero attached hydrogens (tertiary/aromatic N) is 5. The summed E-state index contributed by atoms with van der Waals surface area (Å²) in [6.45, 7) is 4.42. The second-order valence-electron chi connectivity index (χ2n) is 10.0. The van der Waals surface area contributed by atoms with Crippen molar-refractivity contribution >= 4 is 46.7 Å². The number of nitrogens with two attached hydrogens (primary N) is 1. The molecule has 0 saturated heterocycles. The number of pyridine rings is 1. The molecule has 0 radical (unpaired) electrons. The number of aromatic nitrogens is 5. The van der Waals surface area contributed by atoms with Gasteiger partial charge in [0, 0.05) is 42.4 Å². The van der Waals surface area contributed by atoms with E-state index in [1.807, 2.05) is 98.4 Å². The van der Waals surface area contributed by atoms with E-state index in [1.165, 1.54) is 0 Å². The number of fused-ring (bicyclic) bond motifs is 2. The monoisotopic (exact) mass is 546 g/mol. The van der Waals surface area contributed by atoms with Crippen molar-refractivity contribution in [3.05, 3.63) is 105 Å². The summed E-state index contributed by atoms with van der Waals surface area (Å²) in [5, 5.41) is 16.1. The van der Waals surface area contributed by atoms with Gasteiger partial charge in [-0.15, -0.1) is 5.10 Å². The SMILES string of the molecule is Cc1c(/C=C/c2cccc3cc(C(C)NC(=O)c4c(N)nn5c4NCC=C5)n(-c4ccccc4)c(=O)c23)cnn1C. The molecular formula is C31H30N8O2. The predicted octanol–water partition coefficient (Wildman–Crippen LogP) is 4.37. The first-order chi connectivity index (χ1) is 19.8. The van der Waals surface area contributed by atoms with Gasteiger partial charge in [-0.25, -0.2) is 4.68 Å². The lowest BCUT2D eigenvalue weighted by Crippen LogP contribution is -2.32. The number of benzene rings is 2. The highest BCUT2D eigenvalue weighted by Crippen LogP contribution is 2.28. The molecule has 2 aromatic carbocycles. The average Bonchev–Trinajstić information content (AvgIpc) is 3.49. The van der Waals surface area contributed by atoms with Crippen LogP contribution in [-0.2, 0) is 7.05 Å². The molecule has 0 spiro atoms. The molecule has 206 valence electrons. The van der Waals surface area contributed by atoms with Crippen LogP contribution in [0.5, 0.6) is 0 Å². The fraction of sp³-hybridized carbons (Fsp3) is 0.161. The minimum absolute atomic E-state index is 0.128. The maximum atomic E-state index is 14.3. The van der Waals surface area contributed by atoms with Crippen LogP contribution in [0, 0.1) is 6.92 Å².